The lowest BCUT2D eigenvalue weighted by Gasteiger charge is -2.23. The molecular weight excluding hydrogens is 595 g/mol. The average molecular weight is 637 g/mol. The van der Waals surface area contributed by atoms with Gasteiger partial charge >= 0.3 is 0 Å². The third-order valence-electron chi connectivity index (χ3n) is 10.3. The molecule has 49 heavy (non-hydrogen) atoms. The zero-order chi connectivity index (χ0) is 33.3. The number of fused-ring (bicyclic) bond motifs is 3. The average Bonchev–Trinajstić information content (AvgIpc) is 3.49. The molecule has 0 radical (unpaired) electrons. The van der Waals surface area contributed by atoms with Crippen LogP contribution in [0.2, 0.25) is 0 Å². The molecule has 0 saturated carbocycles. The molecule has 0 fully saturated rings. The third kappa shape index (κ3) is 5.36. The number of hydrogen-bond donors (Lipinski definition) is 0. The second-order valence-corrected chi connectivity index (χ2v) is 13.0. The first-order chi connectivity index (χ1) is 24.2. The fourth-order valence-corrected chi connectivity index (χ4v) is 7.95. The van der Waals surface area contributed by atoms with E-state index in [0.29, 0.717) is 0 Å². The Balaban J connectivity index is 1.52. The molecule has 3 nitrogen and oxygen atoms in total. The van der Waals surface area contributed by atoms with Gasteiger partial charge in [-0.15, -0.1) is 0 Å². The summed E-state index contributed by atoms with van der Waals surface area (Å²) in [7, 11) is 2.15. The highest BCUT2D eigenvalue weighted by molar-refractivity contribution is 5.71. The van der Waals surface area contributed by atoms with Crippen molar-refractivity contribution in [2.24, 2.45) is 7.05 Å². The summed E-state index contributed by atoms with van der Waals surface area (Å²) >= 11 is 0. The largest absolute Gasteiger partial charge is 0.250 e. The molecule has 0 aliphatic carbocycles. The molecule has 1 aliphatic heterocycles. The summed E-state index contributed by atoms with van der Waals surface area (Å²) in [4.78, 5) is 0. The molecule has 8 rings (SSSR count). The Bertz CT molecular complexity index is 2240. The Hall–Kier alpha value is -5.67. The number of nitrogens with zero attached hydrogens (tertiary/aromatic N) is 3. The predicted molar refractivity (Wildman–Crippen MR) is 198 cm³/mol. The van der Waals surface area contributed by atoms with Crippen molar-refractivity contribution in [1.29, 1.82) is 0 Å². The molecule has 7 aromatic rings. The topological polar surface area (TPSA) is 11.6 Å². The van der Waals surface area contributed by atoms with Crippen molar-refractivity contribution in [3.8, 4) is 44.9 Å². The van der Waals surface area contributed by atoms with Crippen LogP contribution in [0, 0.1) is 0 Å². The van der Waals surface area contributed by atoms with Crippen LogP contribution in [0.25, 0.3) is 44.9 Å². The number of rotatable bonds is 8. The number of aromatic nitrogens is 3. The summed E-state index contributed by atoms with van der Waals surface area (Å²) in [6.07, 6.45) is 8.79. The first-order valence-corrected chi connectivity index (χ1v) is 17.5. The third-order valence-corrected chi connectivity index (χ3v) is 10.3. The van der Waals surface area contributed by atoms with Crippen LogP contribution in [0.3, 0.4) is 0 Å². The first kappa shape index (κ1) is 30.7. The predicted octanol–water partition coefficient (Wildman–Crippen LogP) is 9.07. The van der Waals surface area contributed by atoms with Crippen LogP contribution >= 0.6 is 0 Å². The molecule has 2 unspecified atom stereocenters. The van der Waals surface area contributed by atoms with Gasteiger partial charge in [0.25, 0.3) is 0 Å². The SMILES string of the molecule is CCc1cc(-c2ccccc2CC)[n+](C(c2ccccc2-c2cccc[n+]2C)C2c3ccccc3-c3cccc[n+]32)cc1-c1ccccc1. The van der Waals surface area contributed by atoms with Crippen LogP contribution in [-0.2, 0) is 19.9 Å². The molecule has 0 bridgehead atoms. The van der Waals surface area contributed by atoms with E-state index < -0.39 is 0 Å². The Kier molecular flexibility index (Phi) is 8.19. The van der Waals surface area contributed by atoms with Crippen molar-refractivity contribution in [2.45, 2.75) is 38.8 Å². The highest BCUT2D eigenvalue weighted by Crippen LogP contribution is 2.43. The molecule has 0 amide bonds. The van der Waals surface area contributed by atoms with E-state index in [2.05, 4.69) is 199 Å². The van der Waals surface area contributed by atoms with Gasteiger partial charge < -0.3 is 0 Å². The minimum Gasteiger partial charge on any atom is -0.201 e. The molecule has 3 aromatic heterocycles. The second kappa shape index (κ2) is 13.1. The van der Waals surface area contributed by atoms with E-state index in [1.165, 1.54) is 67.2 Å². The molecule has 0 N–H and O–H groups in total. The van der Waals surface area contributed by atoms with Crippen LogP contribution in [0.1, 0.15) is 48.2 Å². The van der Waals surface area contributed by atoms with Crippen molar-refractivity contribution < 1.29 is 13.7 Å². The van der Waals surface area contributed by atoms with Gasteiger partial charge in [0.1, 0.15) is 7.05 Å². The molecule has 238 valence electrons. The maximum Gasteiger partial charge on any atom is 0.250 e. The van der Waals surface area contributed by atoms with E-state index in [9.17, 15) is 0 Å². The summed E-state index contributed by atoms with van der Waals surface area (Å²) in [6, 6.07) is 53.4. The van der Waals surface area contributed by atoms with E-state index in [4.69, 9.17) is 0 Å². The molecule has 3 heteroatoms. The highest BCUT2D eigenvalue weighted by atomic mass is 15.1. The molecule has 0 saturated heterocycles. The standard InChI is InChI=1S/C46H42N3/c1-4-33-19-9-10-22-36(33)44-31-34(5-2)41(35-20-7-6-8-21-35)32-49(44)46(39-25-13-11-23-37(39)42-27-15-17-29-47(42)3)45-40-26-14-12-24-38(40)43-28-16-18-30-48(43)45/h6-32,45-46H,4-5H2,1-3H3/q+3. The van der Waals surface area contributed by atoms with Gasteiger partial charge in [-0.1, -0.05) is 98.8 Å². The second-order valence-electron chi connectivity index (χ2n) is 13.0. The summed E-state index contributed by atoms with van der Waals surface area (Å²) < 4.78 is 7.37. The Morgan fingerprint density at radius 3 is 1.94 bits per heavy atom. The number of benzene rings is 4. The van der Waals surface area contributed by atoms with E-state index in [-0.39, 0.29) is 12.1 Å². The van der Waals surface area contributed by atoms with Crippen LogP contribution in [0.5, 0.6) is 0 Å². The summed E-state index contributed by atoms with van der Waals surface area (Å²) in [5.41, 5.74) is 15.4. The summed E-state index contributed by atoms with van der Waals surface area (Å²) in [5, 5.41) is 0. The normalized spacial score (nSPS) is 13.9. The zero-order valence-corrected chi connectivity index (χ0v) is 28.5. The van der Waals surface area contributed by atoms with Crippen molar-refractivity contribution in [1.82, 2.24) is 0 Å². The quantitative estimate of drug-likeness (QED) is 0.148. The van der Waals surface area contributed by atoms with Gasteiger partial charge in [0.05, 0.1) is 11.1 Å². The monoisotopic (exact) mass is 636 g/mol. The van der Waals surface area contributed by atoms with E-state index in [0.717, 1.165) is 12.8 Å². The van der Waals surface area contributed by atoms with Gasteiger partial charge in [0.15, 0.2) is 18.6 Å². The Morgan fingerprint density at radius 1 is 0.531 bits per heavy atom. The van der Waals surface area contributed by atoms with Crippen LogP contribution in [0.15, 0.2) is 164 Å². The lowest BCUT2D eigenvalue weighted by molar-refractivity contribution is -0.790. The fraction of sp³-hybridized carbons (Fsp3) is 0.152. The van der Waals surface area contributed by atoms with E-state index >= 15 is 0 Å². The van der Waals surface area contributed by atoms with Crippen molar-refractivity contribution in [3.63, 3.8) is 0 Å². The smallest absolute Gasteiger partial charge is 0.201 e. The molecule has 2 atom stereocenters. The van der Waals surface area contributed by atoms with Gasteiger partial charge in [-0.2, -0.15) is 9.13 Å². The molecule has 1 aliphatic rings. The van der Waals surface area contributed by atoms with Gasteiger partial charge in [-0.25, -0.2) is 4.57 Å². The van der Waals surface area contributed by atoms with Gasteiger partial charge in [0, 0.05) is 52.6 Å². The maximum atomic E-state index is 2.62. The number of hydrogen-bond acceptors (Lipinski definition) is 0. The first-order valence-electron chi connectivity index (χ1n) is 17.5. The fourth-order valence-electron chi connectivity index (χ4n) is 7.95. The van der Waals surface area contributed by atoms with Gasteiger partial charge in [0.2, 0.25) is 29.2 Å². The molecule has 0 spiro atoms. The number of pyridine rings is 3. The molecular formula is C46H42N3+3. The summed E-state index contributed by atoms with van der Waals surface area (Å²) in [6.45, 7) is 4.55. The van der Waals surface area contributed by atoms with Crippen LogP contribution in [0.4, 0.5) is 0 Å². The van der Waals surface area contributed by atoms with Crippen molar-refractivity contribution in [3.05, 3.63) is 186 Å². The summed E-state index contributed by atoms with van der Waals surface area (Å²) in [5.74, 6) is 0. The van der Waals surface area contributed by atoms with Crippen molar-refractivity contribution >= 4 is 0 Å². The molecule has 4 heterocycles. The van der Waals surface area contributed by atoms with Gasteiger partial charge in [-0.3, -0.25) is 0 Å². The van der Waals surface area contributed by atoms with Crippen LogP contribution in [-0.4, -0.2) is 0 Å². The minimum absolute atomic E-state index is 0.0104. The van der Waals surface area contributed by atoms with E-state index in [1.54, 1.807) is 0 Å². The van der Waals surface area contributed by atoms with E-state index in [1.807, 2.05) is 0 Å². The lowest BCUT2D eigenvalue weighted by atomic mass is 9.87. The minimum atomic E-state index is -0.0838. The highest BCUT2D eigenvalue weighted by Gasteiger charge is 2.49. The zero-order valence-electron chi connectivity index (χ0n) is 28.5. The maximum absolute atomic E-state index is 2.62. The Labute approximate surface area is 290 Å². The lowest BCUT2D eigenvalue weighted by Crippen LogP contribution is -2.54. The van der Waals surface area contributed by atoms with Crippen LogP contribution < -0.4 is 13.7 Å². The number of aryl methyl sites for hydroxylation is 3. The molecule has 4 aromatic carbocycles. The van der Waals surface area contributed by atoms with Gasteiger partial charge in [-0.05, 0) is 59.9 Å². The van der Waals surface area contributed by atoms with Crippen molar-refractivity contribution in [2.75, 3.05) is 0 Å². The Morgan fingerprint density at radius 2 is 1.16 bits per heavy atom.